The lowest BCUT2D eigenvalue weighted by Crippen LogP contribution is -2.61. The van der Waals surface area contributed by atoms with E-state index in [0.717, 1.165) is 17.7 Å². The van der Waals surface area contributed by atoms with Crippen molar-refractivity contribution in [1.29, 1.82) is 0 Å². The highest BCUT2D eigenvalue weighted by Crippen LogP contribution is 2.42. The highest BCUT2D eigenvalue weighted by molar-refractivity contribution is 5.92. The minimum Gasteiger partial charge on any atom is -0.507 e. The standard InChI is InChI=1S/C32H30O12/c1-39-23-15-20(35)26-19(34)14-22(41-30(26)29(23)40-2)18-10-6-7-11-21(18)42-32-28(38)31(27(37)24(16-33)43-32)44-25(36)13-12-17-8-4-3-5-9-17/h3-15,24,27-28,31-33,35,37-38H,16H2,1-2H3. The molecule has 230 valence electrons. The molecule has 0 saturated carbocycles. The fourth-order valence-corrected chi connectivity index (χ4v) is 4.84. The molecule has 1 aliphatic rings. The summed E-state index contributed by atoms with van der Waals surface area (Å²) in [6, 6.07) is 17.7. The zero-order valence-electron chi connectivity index (χ0n) is 23.7. The first-order valence-corrected chi connectivity index (χ1v) is 13.5. The van der Waals surface area contributed by atoms with Crippen LogP contribution in [0.4, 0.5) is 0 Å². The van der Waals surface area contributed by atoms with Crippen molar-refractivity contribution in [3.8, 4) is 34.3 Å². The Labute approximate surface area is 250 Å². The number of rotatable bonds is 9. The number of phenols is 1. The highest BCUT2D eigenvalue weighted by atomic mass is 16.7. The Bertz CT molecular complexity index is 1710. The third-order valence-electron chi connectivity index (χ3n) is 7.01. The molecule has 0 bridgehead atoms. The summed E-state index contributed by atoms with van der Waals surface area (Å²) in [4.78, 5) is 25.7. The van der Waals surface area contributed by atoms with Gasteiger partial charge in [-0.2, -0.15) is 0 Å². The maximum absolute atomic E-state index is 13.1. The first kappa shape index (κ1) is 30.6. The quantitative estimate of drug-likeness (QED) is 0.162. The van der Waals surface area contributed by atoms with E-state index in [-0.39, 0.29) is 45.3 Å². The number of esters is 1. The van der Waals surface area contributed by atoms with Crippen LogP contribution in [0.25, 0.3) is 28.4 Å². The summed E-state index contributed by atoms with van der Waals surface area (Å²) >= 11 is 0. The van der Waals surface area contributed by atoms with Crippen molar-refractivity contribution in [2.75, 3.05) is 20.8 Å². The normalized spacial score (nSPS) is 21.7. The fourth-order valence-electron chi connectivity index (χ4n) is 4.84. The topological polar surface area (TPSA) is 174 Å². The van der Waals surface area contributed by atoms with Crippen LogP contribution in [-0.2, 0) is 14.3 Å². The van der Waals surface area contributed by atoms with Gasteiger partial charge >= 0.3 is 5.97 Å². The molecule has 2 heterocycles. The Kier molecular flexibility index (Phi) is 9.16. The SMILES string of the molecule is COc1cc(O)c2c(=O)cc(-c3ccccc3OC3OC(CO)C(O)C(OC(=O)C=Cc4ccccc4)C3O)oc2c1OC. The fraction of sp³-hybridized carbons (Fsp3) is 0.250. The molecule has 1 aliphatic heterocycles. The van der Waals surface area contributed by atoms with Crippen LogP contribution in [-0.4, -0.2) is 77.9 Å². The number of carbonyl (C=O) groups excluding carboxylic acids is 1. The van der Waals surface area contributed by atoms with Gasteiger partial charge in [-0.25, -0.2) is 4.79 Å². The third kappa shape index (κ3) is 6.10. The lowest BCUT2D eigenvalue weighted by Gasteiger charge is -2.41. The van der Waals surface area contributed by atoms with Crippen LogP contribution < -0.4 is 19.6 Å². The number of para-hydroxylation sites is 1. The number of ether oxygens (including phenoxy) is 5. The van der Waals surface area contributed by atoms with Gasteiger partial charge in [0.05, 0.1) is 26.4 Å². The summed E-state index contributed by atoms with van der Waals surface area (Å²) in [7, 11) is 2.72. The van der Waals surface area contributed by atoms with E-state index in [0.29, 0.717) is 0 Å². The summed E-state index contributed by atoms with van der Waals surface area (Å²) in [5.74, 6) is -0.910. The molecule has 1 aromatic heterocycles. The number of carbonyl (C=O) groups is 1. The van der Waals surface area contributed by atoms with Crippen molar-refractivity contribution < 1.29 is 53.3 Å². The van der Waals surface area contributed by atoms with Gasteiger partial charge in [-0.1, -0.05) is 42.5 Å². The first-order chi connectivity index (χ1) is 21.2. The molecule has 3 aromatic carbocycles. The lowest BCUT2D eigenvalue weighted by molar-refractivity contribution is -0.280. The van der Waals surface area contributed by atoms with Crippen LogP contribution in [0.5, 0.6) is 23.0 Å². The summed E-state index contributed by atoms with van der Waals surface area (Å²) in [5.41, 5.74) is 0.324. The van der Waals surface area contributed by atoms with Gasteiger partial charge in [-0.15, -0.1) is 0 Å². The number of hydrogen-bond donors (Lipinski definition) is 4. The molecule has 12 heteroatoms. The summed E-state index contributed by atoms with van der Waals surface area (Å²) < 4.78 is 33.6. The maximum atomic E-state index is 13.1. The van der Waals surface area contributed by atoms with Gasteiger partial charge in [0.2, 0.25) is 12.0 Å². The molecule has 4 N–H and O–H groups in total. The van der Waals surface area contributed by atoms with Crippen LogP contribution in [0, 0.1) is 0 Å². The second-order valence-corrected chi connectivity index (χ2v) is 9.78. The number of hydrogen-bond acceptors (Lipinski definition) is 12. The summed E-state index contributed by atoms with van der Waals surface area (Å²) in [6.07, 6.45) is -4.94. The zero-order chi connectivity index (χ0) is 31.4. The molecule has 12 nitrogen and oxygen atoms in total. The van der Waals surface area contributed by atoms with E-state index in [2.05, 4.69) is 0 Å². The Balaban J connectivity index is 1.45. The minimum atomic E-state index is -1.69. The predicted molar refractivity (Wildman–Crippen MR) is 156 cm³/mol. The number of fused-ring (bicyclic) bond motifs is 1. The monoisotopic (exact) mass is 606 g/mol. The Morgan fingerprint density at radius 2 is 1.68 bits per heavy atom. The molecule has 5 unspecified atom stereocenters. The molecule has 5 rings (SSSR count). The molecule has 0 aliphatic carbocycles. The number of methoxy groups -OCH3 is 2. The van der Waals surface area contributed by atoms with Gasteiger partial charge in [0.1, 0.15) is 34.9 Å². The van der Waals surface area contributed by atoms with Gasteiger partial charge in [-0.05, 0) is 23.8 Å². The van der Waals surface area contributed by atoms with Crippen LogP contribution in [0.3, 0.4) is 0 Å². The van der Waals surface area contributed by atoms with Gasteiger partial charge in [0.15, 0.2) is 29.0 Å². The van der Waals surface area contributed by atoms with Gasteiger partial charge in [-0.3, -0.25) is 4.79 Å². The van der Waals surface area contributed by atoms with E-state index in [1.807, 2.05) is 6.07 Å². The van der Waals surface area contributed by atoms with E-state index in [9.17, 15) is 30.0 Å². The van der Waals surface area contributed by atoms with E-state index < -0.39 is 48.7 Å². The zero-order valence-corrected chi connectivity index (χ0v) is 23.7. The maximum Gasteiger partial charge on any atom is 0.331 e. The number of benzene rings is 3. The largest absolute Gasteiger partial charge is 0.507 e. The van der Waals surface area contributed by atoms with Crippen LogP contribution in [0.2, 0.25) is 0 Å². The van der Waals surface area contributed by atoms with Gasteiger partial charge in [0.25, 0.3) is 0 Å². The summed E-state index contributed by atoms with van der Waals surface area (Å²) in [6.45, 7) is -0.673. The average Bonchev–Trinajstić information content (AvgIpc) is 3.03. The van der Waals surface area contributed by atoms with Gasteiger partial charge < -0.3 is 48.5 Å². The molecular weight excluding hydrogens is 576 g/mol. The molecular formula is C32H30O12. The molecule has 4 aromatic rings. The Morgan fingerprint density at radius 1 is 0.955 bits per heavy atom. The van der Waals surface area contributed by atoms with Crippen LogP contribution >= 0.6 is 0 Å². The lowest BCUT2D eigenvalue weighted by atomic mass is 9.99. The van der Waals surface area contributed by atoms with Crippen molar-refractivity contribution in [2.45, 2.75) is 30.7 Å². The Morgan fingerprint density at radius 3 is 2.39 bits per heavy atom. The highest BCUT2D eigenvalue weighted by Gasteiger charge is 2.48. The molecule has 0 amide bonds. The number of aliphatic hydroxyl groups is 3. The predicted octanol–water partition coefficient (Wildman–Crippen LogP) is 2.63. The Hall–Kier alpha value is -4.88. The average molecular weight is 607 g/mol. The summed E-state index contributed by atoms with van der Waals surface area (Å²) in [5, 5.41) is 42.0. The van der Waals surface area contributed by atoms with Crippen LogP contribution in [0.15, 0.2) is 82.0 Å². The second kappa shape index (κ2) is 13.2. The molecule has 1 saturated heterocycles. The molecule has 1 fully saturated rings. The first-order valence-electron chi connectivity index (χ1n) is 13.5. The van der Waals surface area contributed by atoms with Crippen molar-refractivity contribution in [2.24, 2.45) is 0 Å². The second-order valence-electron chi connectivity index (χ2n) is 9.78. The number of aromatic hydroxyl groups is 1. The molecule has 44 heavy (non-hydrogen) atoms. The van der Waals surface area contributed by atoms with Crippen LogP contribution in [0.1, 0.15) is 5.56 Å². The molecule has 0 radical (unpaired) electrons. The van der Waals surface area contributed by atoms with Crippen molar-refractivity contribution in [3.63, 3.8) is 0 Å². The van der Waals surface area contributed by atoms with Crippen molar-refractivity contribution in [1.82, 2.24) is 0 Å². The molecule has 0 spiro atoms. The van der Waals surface area contributed by atoms with Crippen molar-refractivity contribution >= 4 is 23.0 Å². The van der Waals surface area contributed by atoms with E-state index in [1.165, 1.54) is 32.4 Å². The minimum absolute atomic E-state index is 0.0159. The van der Waals surface area contributed by atoms with E-state index in [1.54, 1.807) is 42.5 Å². The van der Waals surface area contributed by atoms with Gasteiger partial charge in [0, 0.05) is 18.2 Å². The third-order valence-corrected chi connectivity index (χ3v) is 7.01. The van der Waals surface area contributed by atoms with E-state index >= 15 is 0 Å². The number of phenolic OH excluding ortho intramolecular Hbond substituents is 1. The smallest absolute Gasteiger partial charge is 0.331 e. The number of aliphatic hydroxyl groups excluding tert-OH is 3. The van der Waals surface area contributed by atoms with E-state index in [4.69, 9.17) is 28.1 Å². The van der Waals surface area contributed by atoms with Crippen molar-refractivity contribution in [3.05, 3.63) is 88.6 Å². The molecule has 5 atom stereocenters.